The van der Waals surface area contributed by atoms with Crippen molar-refractivity contribution in [3.8, 4) is 5.75 Å². The first kappa shape index (κ1) is 18.5. The minimum absolute atomic E-state index is 0.0439. The summed E-state index contributed by atoms with van der Waals surface area (Å²) in [5.41, 5.74) is 2.60. The molecule has 0 radical (unpaired) electrons. The third kappa shape index (κ3) is 3.77. The van der Waals surface area contributed by atoms with Gasteiger partial charge in [-0.3, -0.25) is 4.79 Å². The van der Waals surface area contributed by atoms with Crippen LogP contribution in [-0.4, -0.2) is 35.5 Å². The molecule has 5 heteroatoms. The van der Waals surface area contributed by atoms with E-state index in [4.69, 9.17) is 4.74 Å². The van der Waals surface area contributed by atoms with Gasteiger partial charge in [-0.1, -0.05) is 48.5 Å². The van der Waals surface area contributed by atoms with E-state index in [2.05, 4.69) is 0 Å². The summed E-state index contributed by atoms with van der Waals surface area (Å²) in [6, 6.07) is 16.5. The zero-order valence-corrected chi connectivity index (χ0v) is 15.3. The standard InChI is InChI=1S/C22H21NO4/c1-15-20(22(26)27-2)18(14-17-10-6-7-11-19(17)24)21(25)23(15)13-12-16-8-4-3-5-9-16/h3-11,14,24H,12-13H2,1-2H3/b18-14-. The molecule has 0 spiro atoms. The van der Waals surface area contributed by atoms with Crippen molar-refractivity contribution in [1.82, 2.24) is 4.90 Å². The van der Waals surface area contributed by atoms with E-state index < -0.39 is 5.97 Å². The predicted molar refractivity (Wildman–Crippen MR) is 103 cm³/mol. The van der Waals surface area contributed by atoms with Crippen molar-refractivity contribution < 1.29 is 19.4 Å². The molecular formula is C22H21NO4. The molecule has 0 fully saturated rings. The second-order valence-corrected chi connectivity index (χ2v) is 6.26. The molecule has 27 heavy (non-hydrogen) atoms. The summed E-state index contributed by atoms with van der Waals surface area (Å²) < 4.78 is 4.88. The van der Waals surface area contributed by atoms with E-state index in [-0.39, 0.29) is 22.8 Å². The number of esters is 1. The second kappa shape index (κ2) is 7.91. The third-order valence-corrected chi connectivity index (χ3v) is 4.60. The first-order valence-corrected chi connectivity index (χ1v) is 8.68. The lowest BCUT2D eigenvalue weighted by Gasteiger charge is -2.17. The van der Waals surface area contributed by atoms with Gasteiger partial charge in [0.1, 0.15) is 5.75 Å². The van der Waals surface area contributed by atoms with E-state index in [1.165, 1.54) is 19.3 Å². The van der Waals surface area contributed by atoms with Crippen molar-refractivity contribution in [1.29, 1.82) is 0 Å². The molecule has 1 aliphatic rings. The quantitative estimate of drug-likeness (QED) is 0.654. The highest BCUT2D eigenvalue weighted by Crippen LogP contribution is 2.33. The number of para-hydroxylation sites is 1. The summed E-state index contributed by atoms with van der Waals surface area (Å²) in [7, 11) is 1.29. The molecule has 138 valence electrons. The third-order valence-electron chi connectivity index (χ3n) is 4.60. The Bertz CT molecular complexity index is 928. The largest absolute Gasteiger partial charge is 0.507 e. The molecule has 0 saturated carbocycles. The second-order valence-electron chi connectivity index (χ2n) is 6.26. The van der Waals surface area contributed by atoms with E-state index in [0.29, 0.717) is 24.2 Å². The van der Waals surface area contributed by atoms with Gasteiger partial charge in [0.25, 0.3) is 5.91 Å². The number of carbonyl (C=O) groups excluding carboxylic acids is 2. The molecule has 2 aromatic carbocycles. The van der Waals surface area contributed by atoms with Gasteiger partial charge in [0.05, 0.1) is 18.3 Å². The Morgan fingerprint density at radius 1 is 1.11 bits per heavy atom. The first-order chi connectivity index (χ1) is 13.0. The summed E-state index contributed by atoms with van der Waals surface area (Å²) >= 11 is 0. The van der Waals surface area contributed by atoms with Gasteiger partial charge < -0.3 is 14.7 Å². The Balaban J connectivity index is 1.95. The summed E-state index contributed by atoms with van der Waals surface area (Å²) in [4.78, 5) is 26.9. The molecule has 1 amide bonds. The Morgan fingerprint density at radius 2 is 1.78 bits per heavy atom. The monoisotopic (exact) mass is 363 g/mol. The lowest BCUT2D eigenvalue weighted by Crippen LogP contribution is -2.27. The van der Waals surface area contributed by atoms with Gasteiger partial charge in [-0.25, -0.2) is 4.79 Å². The van der Waals surface area contributed by atoms with Crippen molar-refractivity contribution in [2.45, 2.75) is 13.3 Å². The van der Waals surface area contributed by atoms with Crippen LogP contribution in [0.25, 0.3) is 6.08 Å². The molecule has 0 bridgehead atoms. The van der Waals surface area contributed by atoms with Gasteiger partial charge in [-0.2, -0.15) is 0 Å². The summed E-state index contributed by atoms with van der Waals surface area (Å²) in [5.74, 6) is -0.792. The smallest absolute Gasteiger partial charge is 0.340 e. The topological polar surface area (TPSA) is 66.8 Å². The number of allylic oxidation sites excluding steroid dienone is 1. The summed E-state index contributed by atoms with van der Waals surface area (Å²) in [5, 5.41) is 10.0. The van der Waals surface area contributed by atoms with Crippen molar-refractivity contribution in [3.63, 3.8) is 0 Å². The zero-order valence-electron chi connectivity index (χ0n) is 15.3. The molecule has 1 heterocycles. The van der Waals surface area contributed by atoms with E-state index in [1.54, 1.807) is 30.0 Å². The van der Waals surface area contributed by atoms with Crippen LogP contribution in [-0.2, 0) is 20.7 Å². The number of aromatic hydroxyl groups is 1. The number of hydrogen-bond acceptors (Lipinski definition) is 4. The summed E-state index contributed by atoms with van der Waals surface area (Å²) in [6.07, 6.45) is 2.21. The van der Waals surface area contributed by atoms with Crippen molar-refractivity contribution >= 4 is 18.0 Å². The van der Waals surface area contributed by atoms with Crippen LogP contribution in [0.2, 0.25) is 0 Å². The highest BCUT2D eigenvalue weighted by Gasteiger charge is 2.36. The molecule has 0 aliphatic carbocycles. The minimum atomic E-state index is -0.565. The SMILES string of the molecule is COC(=O)C1=C(C)N(CCc2ccccc2)C(=O)/C1=C\c1ccccc1O. The number of ether oxygens (including phenoxy) is 1. The fourth-order valence-electron chi connectivity index (χ4n) is 3.15. The normalized spacial score (nSPS) is 15.6. The number of methoxy groups -OCH3 is 1. The van der Waals surface area contributed by atoms with Gasteiger partial charge in [-0.05, 0) is 31.1 Å². The van der Waals surface area contributed by atoms with Gasteiger partial charge in [0, 0.05) is 17.8 Å². The molecular weight excluding hydrogens is 342 g/mol. The van der Waals surface area contributed by atoms with Crippen LogP contribution in [0.5, 0.6) is 5.75 Å². The lowest BCUT2D eigenvalue weighted by atomic mass is 10.0. The molecule has 0 aromatic heterocycles. The minimum Gasteiger partial charge on any atom is -0.507 e. The predicted octanol–water partition coefficient (Wildman–Crippen LogP) is 3.31. The van der Waals surface area contributed by atoms with E-state index >= 15 is 0 Å². The van der Waals surface area contributed by atoms with Gasteiger partial charge >= 0.3 is 5.97 Å². The number of phenolic OH excluding ortho intramolecular Hbond substituents is 1. The van der Waals surface area contributed by atoms with Gasteiger partial charge in [0.2, 0.25) is 0 Å². The van der Waals surface area contributed by atoms with E-state index in [1.807, 2.05) is 30.3 Å². The molecule has 2 aromatic rings. The zero-order chi connectivity index (χ0) is 19.4. The Labute approximate surface area is 158 Å². The van der Waals surface area contributed by atoms with Crippen molar-refractivity contribution in [3.05, 3.63) is 82.6 Å². The lowest BCUT2D eigenvalue weighted by molar-refractivity contribution is -0.136. The number of hydrogen-bond donors (Lipinski definition) is 1. The van der Waals surface area contributed by atoms with Crippen LogP contribution in [0.3, 0.4) is 0 Å². The maximum atomic E-state index is 13.0. The number of benzene rings is 2. The average molecular weight is 363 g/mol. The molecule has 5 nitrogen and oxygen atoms in total. The number of rotatable bonds is 5. The molecule has 0 unspecified atom stereocenters. The van der Waals surface area contributed by atoms with Crippen molar-refractivity contribution in [2.24, 2.45) is 0 Å². The van der Waals surface area contributed by atoms with Crippen LogP contribution in [0, 0.1) is 0 Å². The highest BCUT2D eigenvalue weighted by atomic mass is 16.5. The maximum absolute atomic E-state index is 13.0. The first-order valence-electron chi connectivity index (χ1n) is 8.68. The van der Waals surface area contributed by atoms with Crippen LogP contribution >= 0.6 is 0 Å². The molecule has 1 N–H and O–H groups in total. The molecule has 1 aliphatic heterocycles. The summed E-state index contributed by atoms with van der Waals surface area (Å²) in [6.45, 7) is 2.19. The fraction of sp³-hybridized carbons (Fsp3) is 0.182. The van der Waals surface area contributed by atoms with Crippen LogP contribution in [0.1, 0.15) is 18.1 Å². The van der Waals surface area contributed by atoms with Gasteiger partial charge in [0.15, 0.2) is 0 Å². The number of amides is 1. The molecule has 3 rings (SSSR count). The highest BCUT2D eigenvalue weighted by molar-refractivity contribution is 6.16. The molecule has 0 atom stereocenters. The van der Waals surface area contributed by atoms with E-state index in [9.17, 15) is 14.7 Å². The van der Waals surface area contributed by atoms with Crippen molar-refractivity contribution in [2.75, 3.05) is 13.7 Å². The Morgan fingerprint density at radius 3 is 2.44 bits per heavy atom. The fourth-order valence-corrected chi connectivity index (χ4v) is 3.15. The van der Waals surface area contributed by atoms with Crippen LogP contribution in [0.4, 0.5) is 0 Å². The van der Waals surface area contributed by atoms with Crippen LogP contribution < -0.4 is 0 Å². The van der Waals surface area contributed by atoms with E-state index in [0.717, 1.165) is 5.56 Å². The Kier molecular flexibility index (Phi) is 5.41. The van der Waals surface area contributed by atoms with Crippen LogP contribution in [0.15, 0.2) is 71.4 Å². The number of nitrogens with zero attached hydrogens (tertiary/aromatic N) is 1. The average Bonchev–Trinajstić information content (AvgIpc) is 2.92. The molecule has 0 saturated heterocycles. The van der Waals surface area contributed by atoms with Gasteiger partial charge in [-0.15, -0.1) is 0 Å². The number of carbonyl (C=O) groups is 2. The Hall–Kier alpha value is -3.34. The maximum Gasteiger partial charge on any atom is 0.340 e. The number of phenols is 1.